The molecule has 1 amide bonds. The highest BCUT2D eigenvalue weighted by Crippen LogP contribution is 2.30. The van der Waals surface area contributed by atoms with Gasteiger partial charge in [-0.3, -0.25) is 4.79 Å². The zero-order valence-corrected chi connectivity index (χ0v) is 9.00. The number of carbonyl (C=O) groups excluding carboxylic acids is 1. The SMILES string of the molecule is CC(C)N1CC(N)C(C)(C)CC1=O. The van der Waals surface area contributed by atoms with Crippen LogP contribution in [0.1, 0.15) is 34.1 Å². The second-order valence-electron chi connectivity index (χ2n) is 4.91. The maximum Gasteiger partial charge on any atom is 0.223 e. The molecule has 1 saturated heterocycles. The summed E-state index contributed by atoms with van der Waals surface area (Å²) < 4.78 is 0. The molecule has 1 rings (SSSR count). The molecular weight excluding hydrogens is 164 g/mol. The molecule has 3 heteroatoms. The quantitative estimate of drug-likeness (QED) is 0.660. The summed E-state index contributed by atoms with van der Waals surface area (Å²) >= 11 is 0. The molecule has 1 heterocycles. The van der Waals surface area contributed by atoms with Crippen LogP contribution in [0.25, 0.3) is 0 Å². The molecule has 1 unspecified atom stereocenters. The van der Waals surface area contributed by atoms with Crippen molar-refractivity contribution in [2.75, 3.05) is 6.54 Å². The van der Waals surface area contributed by atoms with E-state index in [1.165, 1.54) is 0 Å². The monoisotopic (exact) mass is 184 g/mol. The van der Waals surface area contributed by atoms with Gasteiger partial charge in [-0.2, -0.15) is 0 Å². The Labute approximate surface area is 80.3 Å². The molecule has 76 valence electrons. The summed E-state index contributed by atoms with van der Waals surface area (Å²) in [7, 11) is 0. The Kier molecular flexibility index (Phi) is 2.66. The molecule has 0 aliphatic carbocycles. The highest BCUT2D eigenvalue weighted by molar-refractivity contribution is 5.78. The fraction of sp³-hybridized carbons (Fsp3) is 0.900. The fourth-order valence-corrected chi connectivity index (χ4v) is 1.68. The molecule has 1 fully saturated rings. The molecule has 1 aliphatic heterocycles. The van der Waals surface area contributed by atoms with E-state index in [9.17, 15) is 4.79 Å². The summed E-state index contributed by atoms with van der Waals surface area (Å²) in [5.41, 5.74) is 5.97. The standard InChI is InChI=1S/C10H20N2O/c1-7(2)12-6-8(11)10(3,4)5-9(12)13/h7-8H,5-6,11H2,1-4H3. The van der Waals surface area contributed by atoms with E-state index in [0.717, 1.165) is 0 Å². The van der Waals surface area contributed by atoms with Crippen LogP contribution in [0.2, 0.25) is 0 Å². The van der Waals surface area contributed by atoms with Crippen molar-refractivity contribution >= 4 is 5.91 Å². The molecule has 0 bridgehead atoms. The molecule has 0 aromatic carbocycles. The van der Waals surface area contributed by atoms with Crippen LogP contribution in [0.4, 0.5) is 0 Å². The number of hydrogen-bond acceptors (Lipinski definition) is 2. The minimum Gasteiger partial charge on any atom is -0.339 e. The number of likely N-dealkylation sites (tertiary alicyclic amines) is 1. The van der Waals surface area contributed by atoms with Gasteiger partial charge in [0.25, 0.3) is 0 Å². The number of hydrogen-bond donors (Lipinski definition) is 1. The molecule has 1 atom stereocenters. The van der Waals surface area contributed by atoms with Crippen LogP contribution in [-0.2, 0) is 4.79 Å². The minimum atomic E-state index is -0.0392. The van der Waals surface area contributed by atoms with Gasteiger partial charge >= 0.3 is 0 Å². The molecule has 1 aliphatic rings. The summed E-state index contributed by atoms with van der Waals surface area (Å²) in [6.45, 7) is 8.88. The summed E-state index contributed by atoms with van der Waals surface area (Å²) in [5.74, 6) is 0.238. The van der Waals surface area contributed by atoms with Gasteiger partial charge in [0.2, 0.25) is 5.91 Å². The number of nitrogens with zero attached hydrogens (tertiary/aromatic N) is 1. The Hall–Kier alpha value is -0.570. The van der Waals surface area contributed by atoms with Gasteiger partial charge < -0.3 is 10.6 Å². The molecule has 0 spiro atoms. The van der Waals surface area contributed by atoms with Crippen LogP contribution in [-0.4, -0.2) is 29.4 Å². The largest absolute Gasteiger partial charge is 0.339 e. The second-order valence-corrected chi connectivity index (χ2v) is 4.91. The minimum absolute atomic E-state index is 0.0392. The molecule has 2 N–H and O–H groups in total. The van der Waals surface area contributed by atoms with Crippen LogP contribution in [0.3, 0.4) is 0 Å². The van der Waals surface area contributed by atoms with E-state index >= 15 is 0 Å². The topological polar surface area (TPSA) is 46.3 Å². The van der Waals surface area contributed by atoms with Gasteiger partial charge in [0, 0.05) is 25.0 Å². The third kappa shape index (κ3) is 2.02. The first-order chi connectivity index (χ1) is 5.84. The molecule has 0 radical (unpaired) electrons. The predicted octanol–water partition coefficient (Wildman–Crippen LogP) is 0.981. The lowest BCUT2D eigenvalue weighted by atomic mass is 9.78. The van der Waals surface area contributed by atoms with Gasteiger partial charge in [-0.05, 0) is 19.3 Å². The zero-order valence-electron chi connectivity index (χ0n) is 9.00. The fourth-order valence-electron chi connectivity index (χ4n) is 1.68. The number of carbonyl (C=O) groups is 1. The first kappa shape index (κ1) is 10.5. The number of amides is 1. The summed E-state index contributed by atoms with van der Waals surface area (Å²) in [6.07, 6.45) is 0.576. The van der Waals surface area contributed by atoms with Gasteiger partial charge in [-0.15, -0.1) is 0 Å². The van der Waals surface area contributed by atoms with Gasteiger partial charge in [0.15, 0.2) is 0 Å². The van der Waals surface area contributed by atoms with Crippen molar-refractivity contribution in [3.05, 3.63) is 0 Å². The highest BCUT2D eigenvalue weighted by atomic mass is 16.2. The number of piperidine rings is 1. The first-order valence-corrected chi connectivity index (χ1v) is 4.89. The van der Waals surface area contributed by atoms with Gasteiger partial charge in [0.05, 0.1) is 0 Å². The van der Waals surface area contributed by atoms with Crippen molar-refractivity contribution in [3.8, 4) is 0 Å². The Morgan fingerprint density at radius 1 is 1.54 bits per heavy atom. The summed E-state index contributed by atoms with van der Waals surface area (Å²) in [4.78, 5) is 13.5. The van der Waals surface area contributed by atoms with Crippen LogP contribution < -0.4 is 5.73 Å². The summed E-state index contributed by atoms with van der Waals surface area (Å²) in [5, 5.41) is 0. The molecule has 3 nitrogen and oxygen atoms in total. The molecule has 0 aromatic heterocycles. The Balaban J connectivity index is 2.73. The van der Waals surface area contributed by atoms with Crippen LogP contribution in [0, 0.1) is 5.41 Å². The van der Waals surface area contributed by atoms with Crippen molar-refractivity contribution in [1.29, 1.82) is 0 Å². The average Bonchev–Trinajstić information content (AvgIpc) is 1.95. The molecular formula is C10H20N2O. The van der Waals surface area contributed by atoms with Crippen LogP contribution >= 0.6 is 0 Å². The van der Waals surface area contributed by atoms with Crippen molar-refractivity contribution in [3.63, 3.8) is 0 Å². The van der Waals surface area contributed by atoms with Crippen molar-refractivity contribution in [2.24, 2.45) is 11.1 Å². The molecule has 13 heavy (non-hydrogen) atoms. The summed E-state index contributed by atoms with van der Waals surface area (Å²) in [6, 6.07) is 0.377. The van der Waals surface area contributed by atoms with Gasteiger partial charge in [-0.25, -0.2) is 0 Å². The van der Waals surface area contributed by atoms with Crippen molar-refractivity contribution in [1.82, 2.24) is 4.90 Å². The molecule has 0 saturated carbocycles. The van der Waals surface area contributed by atoms with E-state index in [1.54, 1.807) is 0 Å². The van der Waals surface area contributed by atoms with E-state index in [-0.39, 0.29) is 23.4 Å². The number of nitrogens with two attached hydrogens (primary N) is 1. The van der Waals surface area contributed by atoms with Crippen molar-refractivity contribution < 1.29 is 4.79 Å². The second kappa shape index (κ2) is 3.29. The van der Waals surface area contributed by atoms with Crippen LogP contribution in [0.5, 0.6) is 0 Å². The van der Waals surface area contributed by atoms with E-state index < -0.39 is 0 Å². The van der Waals surface area contributed by atoms with Gasteiger partial charge in [0.1, 0.15) is 0 Å². The Bertz CT molecular complexity index is 211. The smallest absolute Gasteiger partial charge is 0.223 e. The first-order valence-electron chi connectivity index (χ1n) is 4.89. The van der Waals surface area contributed by atoms with E-state index in [4.69, 9.17) is 5.73 Å². The van der Waals surface area contributed by atoms with Crippen molar-refractivity contribution in [2.45, 2.75) is 46.2 Å². The Morgan fingerprint density at radius 2 is 2.08 bits per heavy atom. The highest BCUT2D eigenvalue weighted by Gasteiger charge is 2.38. The lowest BCUT2D eigenvalue weighted by Crippen LogP contribution is -2.57. The van der Waals surface area contributed by atoms with Crippen LogP contribution in [0.15, 0.2) is 0 Å². The maximum atomic E-state index is 11.7. The van der Waals surface area contributed by atoms with E-state index in [0.29, 0.717) is 13.0 Å². The normalized spacial score (nSPS) is 28.3. The predicted molar refractivity (Wildman–Crippen MR) is 53.2 cm³/mol. The third-order valence-corrected chi connectivity index (χ3v) is 2.95. The number of rotatable bonds is 1. The third-order valence-electron chi connectivity index (χ3n) is 2.95. The van der Waals surface area contributed by atoms with E-state index in [1.807, 2.05) is 18.7 Å². The molecule has 0 aromatic rings. The maximum absolute atomic E-state index is 11.7. The lowest BCUT2D eigenvalue weighted by Gasteiger charge is -2.43. The Morgan fingerprint density at radius 3 is 2.54 bits per heavy atom. The van der Waals surface area contributed by atoms with Gasteiger partial charge in [-0.1, -0.05) is 13.8 Å². The lowest BCUT2D eigenvalue weighted by molar-refractivity contribution is -0.140. The van der Waals surface area contributed by atoms with E-state index in [2.05, 4.69) is 13.8 Å². The zero-order chi connectivity index (χ0) is 10.2. The average molecular weight is 184 g/mol.